The fourth-order valence-corrected chi connectivity index (χ4v) is 4.74. The normalized spacial score (nSPS) is 13.8. The molecule has 7 nitrogen and oxygen atoms in total. The third-order valence-corrected chi connectivity index (χ3v) is 6.68. The molecule has 0 unspecified atom stereocenters. The van der Waals surface area contributed by atoms with Crippen LogP contribution in [-0.4, -0.2) is 51.0 Å². The van der Waals surface area contributed by atoms with Gasteiger partial charge < -0.3 is 10.2 Å². The molecule has 10 heteroatoms. The summed E-state index contributed by atoms with van der Waals surface area (Å²) in [6.07, 6.45) is 5.24. The Kier molecular flexibility index (Phi) is 7.20. The number of thioether (sulfide) groups is 1. The lowest BCUT2D eigenvalue weighted by atomic mass is 10.2. The Morgan fingerprint density at radius 2 is 2.03 bits per heavy atom. The van der Waals surface area contributed by atoms with Crippen molar-refractivity contribution in [3.63, 3.8) is 0 Å². The van der Waals surface area contributed by atoms with Crippen LogP contribution in [0.25, 0.3) is 11.0 Å². The fraction of sp³-hybridized carbons (Fsp3) is 0.429. The molecule has 0 spiro atoms. The highest BCUT2D eigenvalue weighted by atomic mass is 35.5. The summed E-state index contributed by atoms with van der Waals surface area (Å²) in [5.74, 6) is 1.69. The molecule has 1 aromatic carbocycles. The Morgan fingerprint density at radius 1 is 1.23 bits per heavy atom. The maximum Gasteiger partial charge on any atom is 0.252 e. The molecule has 0 saturated carbocycles. The summed E-state index contributed by atoms with van der Waals surface area (Å²) in [7, 11) is 0. The van der Waals surface area contributed by atoms with Gasteiger partial charge in [-0.2, -0.15) is 5.10 Å². The van der Waals surface area contributed by atoms with E-state index in [4.69, 9.17) is 33.2 Å². The molecule has 1 amide bonds. The Hall–Kier alpha value is -2.03. The van der Waals surface area contributed by atoms with Gasteiger partial charge in [0, 0.05) is 30.4 Å². The molecule has 0 bridgehead atoms. The van der Waals surface area contributed by atoms with Crippen LogP contribution in [-0.2, 0) is 6.54 Å². The number of halogens is 2. The molecule has 164 valence electrons. The zero-order chi connectivity index (χ0) is 21.8. The summed E-state index contributed by atoms with van der Waals surface area (Å²) >= 11 is 13.7. The number of fused-ring (bicyclic) bond motifs is 1. The van der Waals surface area contributed by atoms with E-state index in [1.165, 1.54) is 12.8 Å². The molecule has 31 heavy (non-hydrogen) atoms. The smallest absolute Gasteiger partial charge is 0.252 e. The molecular weight excluding hydrogens is 455 g/mol. The minimum absolute atomic E-state index is 0.246. The monoisotopic (exact) mass is 478 g/mol. The average molecular weight is 479 g/mol. The van der Waals surface area contributed by atoms with Crippen LogP contribution in [0, 0.1) is 0 Å². The molecule has 3 heterocycles. The van der Waals surface area contributed by atoms with Crippen molar-refractivity contribution in [3.8, 4) is 0 Å². The van der Waals surface area contributed by atoms with Crippen molar-refractivity contribution in [1.29, 1.82) is 0 Å². The van der Waals surface area contributed by atoms with Crippen molar-refractivity contribution in [2.45, 2.75) is 37.9 Å². The molecule has 0 radical (unpaired) electrons. The zero-order valence-electron chi connectivity index (χ0n) is 17.3. The summed E-state index contributed by atoms with van der Waals surface area (Å²) in [6, 6.07) is 4.83. The number of carbonyl (C=O) groups excluding carboxylic acids is 1. The van der Waals surface area contributed by atoms with E-state index in [0.717, 1.165) is 47.3 Å². The van der Waals surface area contributed by atoms with Gasteiger partial charge in [-0.1, -0.05) is 41.9 Å². The van der Waals surface area contributed by atoms with Crippen molar-refractivity contribution >= 4 is 57.7 Å². The van der Waals surface area contributed by atoms with Crippen LogP contribution < -0.4 is 10.2 Å². The van der Waals surface area contributed by atoms with Crippen molar-refractivity contribution in [1.82, 2.24) is 25.1 Å². The maximum atomic E-state index is 12.5. The van der Waals surface area contributed by atoms with Crippen LogP contribution in [0.15, 0.2) is 29.6 Å². The van der Waals surface area contributed by atoms with Gasteiger partial charge in [0.1, 0.15) is 5.82 Å². The number of hydrogen-bond donors (Lipinski definition) is 1. The van der Waals surface area contributed by atoms with Crippen molar-refractivity contribution in [2.24, 2.45) is 0 Å². The van der Waals surface area contributed by atoms with Gasteiger partial charge in [0.25, 0.3) is 5.91 Å². The number of rotatable bonds is 8. The van der Waals surface area contributed by atoms with Gasteiger partial charge in [-0.25, -0.2) is 14.6 Å². The van der Waals surface area contributed by atoms with Crippen molar-refractivity contribution in [3.05, 3.63) is 40.0 Å². The molecule has 1 aliphatic heterocycles. The van der Waals surface area contributed by atoms with E-state index in [1.54, 1.807) is 30.0 Å². The third-order valence-electron chi connectivity index (χ3n) is 5.08. The van der Waals surface area contributed by atoms with Gasteiger partial charge >= 0.3 is 0 Å². The van der Waals surface area contributed by atoms with Gasteiger partial charge in [-0.3, -0.25) is 4.79 Å². The van der Waals surface area contributed by atoms with Gasteiger partial charge in [0.2, 0.25) is 0 Å². The van der Waals surface area contributed by atoms with Crippen LogP contribution >= 0.6 is 35.0 Å². The first-order chi connectivity index (χ1) is 15.1. The van der Waals surface area contributed by atoms with Gasteiger partial charge in [-0.05, 0) is 37.5 Å². The lowest BCUT2D eigenvalue weighted by Crippen LogP contribution is -2.27. The second-order valence-corrected chi connectivity index (χ2v) is 9.26. The zero-order valence-corrected chi connectivity index (χ0v) is 19.6. The Morgan fingerprint density at radius 3 is 2.77 bits per heavy atom. The first-order valence-corrected chi connectivity index (χ1v) is 12.2. The highest BCUT2D eigenvalue weighted by Crippen LogP contribution is 2.29. The molecule has 1 aliphatic rings. The van der Waals surface area contributed by atoms with Crippen LogP contribution in [0.2, 0.25) is 10.0 Å². The van der Waals surface area contributed by atoms with Crippen molar-refractivity contribution in [2.75, 3.05) is 30.3 Å². The Labute approximate surface area is 195 Å². The van der Waals surface area contributed by atoms with E-state index in [0.29, 0.717) is 28.7 Å². The second-order valence-electron chi connectivity index (χ2n) is 7.36. The highest BCUT2D eigenvalue weighted by molar-refractivity contribution is 7.99. The predicted molar refractivity (Wildman–Crippen MR) is 127 cm³/mol. The summed E-state index contributed by atoms with van der Waals surface area (Å²) in [5, 5.41) is 9.98. The number of nitrogens with zero attached hydrogens (tertiary/aromatic N) is 5. The molecule has 3 aromatic rings. The maximum absolute atomic E-state index is 12.5. The third kappa shape index (κ3) is 5.07. The van der Waals surface area contributed by atoms with Gasteiger partial charge in [0.15, 0.2) is 10.8 Å². The standard InChI is InChI=1S/C21H24Cl2N6OS/c1-2-11-31-21-26-18(28-8-3-4-9-28)16-13-25-29(19(16)27-21)10-7-24-20(30)15-6-5-14(22)12-17(15)23/h5-6,12-13H,2-4,7-11H2,1H3,(H,24,30). The van der Waals surface area contributed by atoms with E-state index in [-0.39, 0.29) is 5.91 Å². The number of nitrogens with one attached hydrogen (secondary N) is 1. The Bertz CT molecular complexity index is 1080. The number of carbonyl (C=O) groups is 1. The largest absolute Gasteiger partial charge is 0.356 e. The van der Waals surface area contributed by atoms with Gasteiger partial charge in [0.05, 0.1) is 28.7 Å². The highest BCUT2D eigenvalue weighted by Gasteiger charge is 2.21. The number of benzene rings is 1. The topological polar surface area (TPSA) is 75.9 Å². The molecular formula is C21H24Cl2N6OS. The molecule has 2 aromatic heterocycles. The molecule has 1 saturated heterocycles. The van der Waals surface area contributed by atoms with E-state index in [2.05, 4.69) is 22.2 Å². The second kappa shape index (κ2) is 10.1. The van der Waals surface area contributed by atoms with Gasteiger partial charge in [-0.15, -0.1) is 0 Å². The number of aromatic nitrogens is 4. The SMILES string of the molecule is CCCSc1nc(N2CCCC2)c2cnn(CCNC(=O)c3ccc(Cl)cc3Cl)c2n1. The Balaban J connectivity index is 1.52. The molecule has 0 atom stereocenters. The van der Waals surface area contributed by atoms with Crippen LogP contribution in [0.4, 0.5) is 5.82 Å². The minimum Gasteiger partial charge on any atom is -0.356 e. The van der Waals surface area contributed by atoms with Crippen molar-refractivity contribution < 1.29 is 4.79 Å². The summed E-state index contributed by atoms with van der Waals surface area (Å²) in [6.45, 7) is 5.05. The van der Waals surface area contributed by atoms with E-state index in [1.807, 2.05) is 10.9 Å². The lowest BCUT2D eigenvalue weighted by Gasteiger charge is -2.18. The quantitative estimate of drug-likeness (QED) is 0.374. The van der Waals surface area contributed by atoms with Crippen LogP contribution in [0.5, 0.6) is 0 Å². The summed E-state index contributed by atoms with van der Waals surface area (Å²) < 4.78 is 1.83. The fourth-order valence-electron chi connectivity index (χ4n) is 3.56. The summed E-state index contributed by atoms with van der Waals surface area (Å²) in [5.41, 5.74) is 1.20. The van der Waals surface area contributed by atoms with Crippen LogP contribution in [0.1, 0.15) is 36.5 Å². The van der Waals surface area contributed by atoms with Crippen LogP contribution in [0.3, 0.4) is 0 Å². The molecule has 1 N–H and O–H groups in total. The average Bonchev–Trinajstić information content (AvgIpc) is 3.42. The summed E-state index contributed by atoms with van der Waals surface area (Å²) in [4.78, 5) is 24.4. The molecule has 1 fully saturated rings. The van der Waals surface area contributed by atoms with E-state index >= 15 is 0 Å². The van der Waals surface area contributed by atoms with E-state index < -0.39 is 0 Å². The molecule has 0 aliphatic carbocycles. The van der Waals surface area contributed by atoms with E-state index in [9.17, 15) is 4.79 Å². The minimum atomic E-state index is -0.246. The first kappa shape index (κ1) is 22.2. The predicted octanol–water partition coefficient (Wildman–Crippen LogP) is 4.67. The number of hydrogen-bond acceptors (Lipinski definition) is 6. The first-order valence-electron chi connectivity index (χ1n) is 10.4. The molecule has 4 rings (SSSR count). The number of anilines is 1. The number of amides is 1. The lowest BCUT2D eigenvalue weighted by molar-refractivity contribution is 0.0952.